The fraction of sp³-hybridized carbons (Fsp3) is 0.846. The van der Waals surface area contributed by atoms with Gasteiger partial charge < -0.3 is 17.7 Å². The minimum absolute atomic E-state index is 0.0206. The maximum absolute atomic E-state index is 7.67. The molecular weight excluding hydrogens is 801 g/mol. The quantitative estimate of drug-likeness (QED) is 0.101. The van der Waals surface area contributed by atoms with Crippen LogP contribution in [0.3, 0.4) is 0 Å². The van der Waals surface area contributed by atoms with Gasteiger partial charge in [-0.2, -0.15) is 0 Å². The van der Waals surface area contributed by atoms with E-state index in [2.05, 4.69) is 175 Å². The summed E-state index contributed by atoms with van der Waals surface area (Å²) in [6.45, 7) is 58.1. The summed E-state index contributed by atoms with van der Waals surface area (Å²) in [6, 6.07) is 0. The Hall–Kier alpha value is -0.512. The van der Waals surface area contributed by atoms with Crippen molar-refractivity contribution in [1.82, 2.24) is 0 Å². The van der Waals surface area contributed by atoms with E-state index in [4.69, 9.17) is 24.3 Å². The van der Waals surface area contributed by atoms with E-state index in [1.807, 2.05) is 0 Å². The molecule has 0 heterocycles. The van der Waals surface area contributed by atoms with Crippen molar-refractivity contribution in [2.45, 2.75) is 264 Å². The van der Waals surface area contributed by atoms with Crippen molar-refractivity contribution >= 4 is 33.3 Å². The van der Waals surface area contributed by atoms with Crippen LogP contribution in [-0.2, 0) is 17.7 Å². The zero-order valence-corrected chi connectivity index (χ0v) is 47.6. The largest absolute Gasteiger partial charge is 0.413 e. The van der Waals surface area contributed by atoms with Crippen molar-refractivity contribution in [3.05, 3.63) is 35.5 Å². The first-order valence-corrected chi connectivity index (χ1v) is 34.6. The van der Waals surface area contributed by atoms with Gasteiger partial charge in [0.2, 0.25) is 25.0 Å². The second kappa shape index (κ2) is 20.8. The molecule has 3 aliphatic carbocycles. The molecule has 0 N–H and O–H groups in total. The minimum Gasteiger partial charge on any atom is -0.413 e. The van der Waals surface area contributed by atoms with Crippen LogP contribution in [0.5, 0.6) is 0 Å². The van der Waals surface area contributed by atoms with Gasteiger partial charge in [-0.05, 0) is 125 Å². The van der Waals surface area contributed by atoms with Crippen molar-refractivity contribution in [2.24, 2.45) is 11.3 Å². The molecule has 0 aromatic carbocycles. The molecule has 5 atom stereocenters. The summed E-state index contributed by atoms with van der Waals surface area (Å²) in [7, 11) is -8.27. The Morgan fingerprint density at radius 2 is 1.13 bits per heavy atom. The molecule has 3 aliphatic rings. The summed E-state index contributed by atoms with van der Waals surface area (Å²) in [5, 5.41) is 0. The molecule has 0 unspecified atom stereocenters. The summed E-state index contributed by atoms with van der Waals surface area (Å²) >= 11 is 0. The lowest BCUT2D eigenvalue weighted by Crippen LogP contribution is -2.54. The molecule has 0 aromatic heterocycles. The normalized spacial score (nSPS) is 27.6. The second-order valence-corrected chi connectivity index (χ2v) is 44.4. The maximum Gasteiger partial charge on any atom is 0.201 e. The van der Waals surface area contributed by atoms with Crippen molar-refractivity contribution in [3.63, 3.8) is 0 Å². The molecule has 60 heavy (non-hydrogen) atoms. The molecule has 0 bridgehead atoms. The average Bonchev–Trinajstić information content (AvgIpc) is 3.38. The van der Waals surface area contributed by atoms with Crippen LogP contribution in [0, 0.1) is 23.2 Å². The molecule has 0 aliphatic heterocycles. The topological polar surface area (TPSA) is 36.9 Å². The molecule has 0 amide bonds. The highest BCUT2D eigenvalue weighted by Crippen LogP contribution is 2.61. The Balaban J connectivity index is 2.13. The van der Waals surface area contributed by atoms with E-state index in [1.165, 1.54) is 11.1 Å². The van der Waals surface area contributed by atoms with E-state index in [0.29, 0.717) is 62.4 Å². The molecule has 0 saturated heterocycles. The summed E-state index contributed by atoms with van der Waals surface area (Å²) < 4.78 is 29.7. The first-order valence-electron chi connectivity index (χ1n) is 24.8. The Kier molecular flexibility index (Phi) is 18.6. The third-order valence-corrected chi connectivity index (χ3v) is 35.6. The fourth-order valence-electron chi connectivity index (χ4n) is 14.0. The lowest BCUT2D eigenvalue weighted by molar-refractivity contribution is -0.0130. The number of rotatable bonds is 18. The Morgan fingerprint density at radius 3 is 1.58 bits per heavy atom. The van der Waals surface area contributed by atoms with Gasteiger partial charge in [0.1, 0.15) is 5.60 Å². The van der Waals surface area contributed by atoms with Crippen LogP contribution >= 0.6 is 0 Å². The highest BCUT2D eigenvalue weighted by atomic mass is 28.4. The summed E-state index contributed by atoms with van der Waals surface area (Å²) in [6.07, 6.45) is 12.5. The maximum atomic E-state index is 7.67. The van der Waals surface area contributed by atoms with Crippen LogP contribution in [0.4, 0.5) is 0 Å². The van der Waals surface area contributed by atoms with Gasteiger partial charge in [0, 0.05) is 11.8 Å². The average molecular weight is 900 g/mol. The molecule has 0 aromatic rings. The van der Waals surface area contributed by atoms with Crippen LogP contribution in [0.15, 0.2) is 35.5 Å². The Bertz CT molecular complexity index is 1490. The van der Waals surface area contributed by atoms with Crippen LogP contribution in [0.2, 0.25) is 69.5 Å². The van der Waals surface area contributed by atoms with Gasteiger partial charge in [-0.25, -0.2) is 0 Å². The molecule has 3 saturated carbocycles. The summed E-state index contributed by atoms with van der Waals surface area (Å²) in [5.41, 5.74) is 8.34. The van der Waals surface area contributed by atoms with Crippen molar-refractivity contribution < 1.29 is 17.7 Å². The van der Waals surface area contributed by atoms with Crippen molar-refractivity contribution in [2.75, 3.05) is 6.61 Å². The molecule has 0 radical (unpaired) electrons. The van der Waals surface area contributed by atoms with Gasteiger partial charge in [-0.3, -0.25) is 0 Å². The number of hydrogen-bond donors (Lipinski definition) is 0. The van der Waals surface area contributed by atoms with E-state index in [-0.39, 0.29) is 17.6 Å². The molecular formula is C52H98O4Si4. The van der Waals surface area contributed by atoms with Gasteiger partial charge in [0.15, 0.2) is 8.32 Å². The van der Waals surface area contributed by atoms with E-state index in [0.717, 1.165) is 44.9 Å². The third kappa shape index (κ3) is 10.6. The Labute approximate surface area is 378 Å². The SMILES string of the molecule is C=C1/C(=C/C=C2CCC[C@@]3(C)[C@H]2CC[C@]3(C#CCO[Si](C(C)C)(C(C)C)C(C)C)O[Si](C)(C)C)C[C@@H](O[Si](C(C)C)(C(C)C)C(C)C)C[C@@H]1O[Si](C(C)C)(C(C)C)C(C)C. The van der Waals surface area contributed by atoms with Gasteiger partial charge in [0.05, 0.1) is 18.8 Å². The number of fused-ring (bicyclic) bond motifs is 1. The number of allylic oxidation sites excluding steroid dienone is 3. The molecule has 346 valence electrons. The summed E-state index contributed by atoms with van der Waals surface area (Å²) in [5.74, 6) is 8.00. The first-order chi connectivity index (χ1) is 27.5. The minimum atomic E-state index is -2.18. The fourth-order valence-corrected chi connectivity index (χ4v) is 31.9. The lowest BCUT2D eigenvalue weighted by Gasteiger charge is -2.50. The highest BCUT2D eigenvalue weighted by molar-refractivity contribution is 6.78. The predicted octanol–water partition coefficient (Wildman–Crippen LogP) is 16.7. The zero-order valence-electron chi connectivity index (χ0n) is 43.6. The van der Waals surface area contributed by atoms with Crippen molar-refractivity contribution in [3.8, 4) is 11.8 Å². The second-order valence-electron chi connectivity index (χ2n) is 23.7. The highest BCUT2D eigenvalue weighted by Gasteiger charge is 2.60. The van der Waals surface area contributed by atoms with Gasteiger partial charge in [-0.1, -0.05) is 168 Å². The number of hydrogen-bond acceptors (Lipinski definition) is 4. The van der Waals surface area contributed by atoms with Crippen LogP contribution in [0.25, 0.3) is 0 Å². The van der Waals surface area contributed by atoms with E-state index in [1.54, 1.807) is 5.57 Å². The van der Waals surface area contributed by atoms with Gasteiger partial charge in [-0.15, -0.1) is 0 Å². The van der Waals surface area contributed by atoms with Crippen LogP contribution < -0.4 is 0 Å². The molecule has 0 spiro atoms. The van der Waals surface area contributed by atoms with Crippen LogP contribution in [-0.4, -0.2) is 57.7 Å². The standard InChI is InChI=1S/C52H98O4Si4/c1-36(2)58(37(3)4,38(5)6)53-33-25-31-52(56-57(21,22)23)32-29-49-46(26-24-30-51(49,52)20)27-28-47-34-48(54-59(39(7)8,40(9)10)41(11)12)35-50(45(47)19)55-60(42(13)14,43(15)16)44(17)18/h27-28,36-44,48-50H,19,24,26,29-30,32-35H2,1-18,20-23H3/b46-27?,47-28+/t48-,49+,50+,51+,52+/m1/s1. The summed E-state index contributed by atoms with van der Waals surface area (Å²) in [4.78, 5) is 0. The van der Waals surface area contributed by atoms with E-state index in [9.17, 15) is 0 Å². The Morgan fingerprint density at radius 1 is 0.667 bits per heavy atom. The zero-order chi connectivity index (χ0) is 46.0. The van der Waals surface area contributed by atoms with E-state index < -0.39 is 38.9 Å². The monoisotopic (exact) mass is 899 g/mol. The molecule has 4 nitrogen and oxygen atoms in total. The molecule has 3 fully saturated rings. The van der Waals surface area contributed by atoms with Crippen LogP contribution in [0.1, 0.15) is 176 Å². The lowest BCUT2D eigenvalue weighted by atomic mass is 9.62. The third-order valence-electron chi connectivity index (χ3n) is 16.3. The van der Waals surface area contributed by atoms with Gasteiger partial charge in [0.25, 0.3) is 0 Å². The van der Waals surface area contributed by atoms with Crippen molar-refractivity contribution in [1.29, 1.82) is 0 Å². The molecule has 3 rings (SSSR count). The smallest absolute Gasteiger partial charge is 0.201 e. The van der Waals surface area contributed by atoms with Gasteiger partial charge >= 0.3 is 0 Å². The first kappa shape index (κ1) is 53.8. The predicted molar refractivity (Wildman–Crippen MR) is 273 cm³/mol. The molecule has 8 heteroatoms. The van der Waals surface area contributed by atoms with E-state index >= 15 is 0 Å².